The molecule has 9 nitrogen and oxygen atoms in total. The summed E-state index contributed by atoms with van der Waals surface area (Å²) >= 11 is 0. The van der Waals surface area contributed by atoms with Gasteiger partial charge in [0.1, 0.15) is 0 Å². The Morgan fingerprint density at radius 1 is 1.00 bits per heavy atom. The summed E-state index contributed by atoms with van der Waals surface area (Å²) in [7, 11) is 6.64. The minimum absolute atomic E-state index is 0.0212. The quantitative estimate of drug-likeness (QED) is 0.289. The van der Waals surface area contributed by atoms with Crippen LogP contribution in [-0.4, -0.2) is 82.2 Å². The summed E-state index contributed by atoms with van der Waals surface area (Å²) in [5.74, 6) is 1.93. The molecule has 2 aromatic rings. The number of carbonyl (C=O) groups is 1. The molecular weight excluding hydrogens is 530 g/mol. The molecule has 3 heterocycles. The minimum atomic E-state index is -0.390. The number of ether oxygens (including phenoxy) is 6. The largest absolute Gasteiger partial charge is 0.502 e. The number of esters is 1. The van der Waals surface area contributed by atoms with Gasteiger partial charge in [0.25, 0.3) is 0 Å². The normalized spacial score (nSPS) is 26.0. The fraction of sp³-hybridized carbons (Fsp3) is 0.519. The molecule has 204 valence electrons. The van der Waals surface area contributed by atoms with Gasteiger partial charge in [0.2, 0.25) is 12.5 Å². The third-order valence-corrected chi connectivity index (χ3v) is 10.6. The number of methoxy groups -OCH3 is 2. The average Bonchev–Trinajstić information content (AvgIpc) is 3.56. The van der Waals surface area contributed by atoms with Crippen molar-refractivity contribution in [3.63, 3.8) is 0 Å². The number of hydrogen-bond acceptors (Lipinski definition) is 11. The summed E-state index contributed by atoms with van der Waals surface area (Å²) in [6.07, 6.45) is 0. The van der Waals surface area contributed by atoms with E-state index in [4.69, 9.17) is 28.4 Å². The number of fused-ring (bicyclic) bond motifs is 3. The molecule has 0 amide bonds. The molecule has 11 heteroatoms. The van der Waals surface area contributed by atoms with Gasteiger partial charge in [0.15, 0.2) is 23.0 Å². The molecule has 0 unspecified atom stereocenters. The van der Waals surface area contributed by atoms with E-state index in [0.29, 0.717) is 23.9 Å². The van der Waals surface area contributed by atoms with Gasteiger partial charge >= 0.3 is 5.97 Å². The first-order chi connectivity index (χ1) is 18.6. The average molecular weight is 562 g/mol. The van der Waals surface area contributed by atoms with Crippen LogP contribution < -0.4 is 18.9 Å². The summed E-state index contributed by atoms with van der Waals surface area (Å²) in [6.45, 7) is 5.05. The van der Waals surface area contributed by atoms with E-state index in [0.717, 1.165) is 61.0 Å². The lowest BCUT2D eigenvalue weighted by Crippen LogP contribution is -2.37. The van der Waals surface area contributed by atoms with Gasteiger partial charge in [-0.05, 0) is 41.0 Å². The number of hydrogen-bond donors (Lipinski definition) is 1. The van der Waals surface area contributed by atoms with E-state index in [-0.39, 0.29) is 41.5 Å². The van der Waals surface area contributed by atoms with Crippen LogP contribution in [0.25, 0.3) is 0 Å². The molecule has 0 spiro atoms. The lowest BCUT2D eigenvalue weighted by atomic mass is 9.67. The van der Waals surface area contributed by atoms with Gasteiger partial charge < -0.3 is 33.5 Å². The van der Waals surface area contributed by atoms with Crippen molar-refractivity contribution in [2.75, 3.05) is 66.2 Å². The molecule has 0 saturated carbocycles. The van der Waals surface area contributed by atoms with Crippen LogP contribution in [0.5, 0.6) is 28.7 Å². The summed E-state index contributed by atoms with van der Waals surface area (Å²) in [5.41, 5.74) is 2.93. The standard InChI is InChI=1S/C27H31NO8S2/c1-31-21-9-15(10-22(32-2)25(21)29)23-16-11-19-20(36-14-35-19)12-17(16)26(18-13-34-27(30)24(18)23)38-37-8-5-28-3-6-33-7-4-28/h9-12,18,23-24,26,29H,3-8,13-14H2,1-2H3/t18-,23+,24-,26+/m0/s1. The van der Waals surface area contributed by atoms with Gasteiger partial charge in [-0.2, -0.15) is 0 Å². The zero-order valence-corrected chi connectivity index (χ0v) is 23.0. The molecule has 4 aliphatic rings. The highest BCUT2D eigenvalue weighted by Crippen LogP contribution is 2.60. The van der Waals surface area contributed by atoms with Crippen molar-refractivity contribution in [1.82, 2.24) is 4.90 Å². The first-order valence-corrected chi connectivity index (χ1v) is 15.1. The number of benzene rings is 2. The molecule has 1 aliphatic carbocycles. The van der Waals surface area contributed by atoms with Crippen LogP contribution in [-0.2, 0) is 14.3 Å². The van der Waals surface area contributed by atoms with Crippen LogP contribution in [0.2, 0.25) is 0 Å². The van der Waals surface area contributed by atoms with Gasteiger partial charge in [-0.3, -0.25) is 9.69 Å². The highest BCUT2D eigenvalue weighted by atomic mass is 33.1. The second kappa shape index (κ2) is 11.0. The van der Waals surface area contributed by atoms with E-state index in [1.54, 1.807) is 12.1 Å². The molecule has 3 aliphatic heterocycles. The van der Waals surface area contributed by atoms with Crippen LogP contribution in [0.4, 0.5) is 0 Å². The van der Waals surface area contributed by atoms with Crippen molar-refractivity contribution in [1.29, 1.82) is 0 Å². The van der Waals surface area contributed by atoms with E-state index in [2.05, 4.69) is 11.0 Å². The zero-order chi connectivity index (χ0) is 26.2. The molecule has 2 aromatic carbocycles. The SMILES string of the molecule is COc1cc([C@@H]2c3cc4c(cc3[C@@H](SSCCN3CCOCC3)[C@H]3COC(=O)[C@H]23)OCO4)cc(OC)c1O. The molecule has 2 saturated heterocycles. The predicted octanol–water partition coefficient (Wildman–Crippen LogP) is 3.83. The van der Waals surface area contributed by atoms with E-state index >= 15 is 0 Å². The Morgan fingerprint density at radius 2 is 1.68 bits per heavy atom. The van der Waals surface area contributed by atoms with Gasteiger partial charge in [0.05, 0.1) is 40.0 Å². The topological polar surface area (TPSA) is 95.9 Å². The third-order valence-electron chi connectivity index (χ3n) is 7.75. The van der Waals surface area contributed by atoms with Crippen molar-refractivity contribution in [3.05, 3.63) is 41.0 Å². The fourth-order valence-electron chi connectivity index (χ4n) is 5.84. The molecule has 1 N–H and O–H groups in total. The lowest BCUT2D eigenvalue weighted by Gasteiger charge is -2.38. The Hall–Kier alpha value is -2.47. The Labute approximate surface area is 229 Å². The molecule has 4 atom stereocenters. The number of cyclic esters (lactones) is 1. The van der Waals surface area contributed by atoms with Crippen molar-refractivity contribution < 1.29 is 38.3 Å². The van der Waals surface area contributed by atoms with E-state index in [1.165, 1.54) is 14.2 Å². The number of carbonyl (C=O) groups excluding carboxylic acids is 1. The van der Waals surface area contributed by atoms with Crippen molar-refractivity contribution in [2.45, 2.75) is 11.2 Å². The van der Waals surface area contributed by atoms with Gasteiger partial charge in [-0.25, -0.2) is 0 Å². The Kier molecular flexibility index (Phi) is 7.43. The molecule has 0 bridgehead atoms. The molecule has 6 rings (SSSR count). The van der Waals surface area contributed by atoms with Crippen LogP contribution in [0.3, 0.4) is 0 Å². The highest BCUT2D eigenvalue weighted by Gasteiger charge is 2.53. The van der Waals surface area contributed by atoms with Crippen LogP contribution in [0, 0.1) is 11.8 Å². The van der Waals surface area contributed by atoms with Gasteiger partial charge in [-0.1, -0.05) is 21.6 Å². The Bertz CT molecular complexity index is 1180. The molecule has 0 aromatic heterocycles. The van der Waals surface area contributed by atoms with Crippen LogP contribution in [0.15, 0.2) is 24.3 Å². The Morgan fingerprint density at radius 3 is 2.37 bits per heavy atom. The van der Waals surface area contributed by atoms with Crippen molar-refractivity contribution in [3.8, 4) is 28.7 Å². The molecule has 0 radical (unpaired) electrons. The monoisotopic (exact) mass is 561 g/mol. The maximum absolute atomic E-state index is 13.3. The molecule has 38 heavy (non-hydrogen) atoms. The second-order valence-corrected chi connectivity index (χ2v) is 12.3. The number of phenolic OH excluding ortho intramolecular Hbond substituents is 1. The minimum Gasteiger partial charge on any atom is -0.502 e. The second-order valence-electron chi connectivity index (χ2n) is 9.70. The number of rotatable bonds is 8. The lowest BCUT2D eigenvalue weighted by molar-refractivity contribution is -0.141. The molecule has 2 fully saturated rings. The van der Waals surface area contributed by atoms with Gasteiger partial charge in [-0.15, -0.1) is 0 Å². The highest BCUT2D eigenvalue weighted by molar-refractivity contribution is 8.76. The summed E-state index contributed by atoms with van der Waals surface area (Å²) < 4.78 is 33.5. The number of phenols is 1. The third kappa shape index (κ3) is 4.63. The number of morpholine rings is 1. The van der Waals surface area contributed by atoms with E-state index in [9.17, 15) is 9.90 Å². The first kappa shape index (κ1) is 25.8. The fourth-order valence-corrected chi connectivity index (χ4v) is 8.81. The number of nitrogens with zero attached hydrogens (tertiary/aromatic N) is 1. The van der Waals surface area contributed by atoms with E-state index < -0.39 is 0 Å². The molecular formula is C27H31NO8S2. The Balaban J connectivity index is 1.37. The maximum Gasteiger partial charge on any atom is 0.310 e. The van der Waals surface area contributed by atoms with E-state index in [1.807, 2.05) is 27.7 Å². The maximum atomic E-state index is 13.3. The van der Waals surface area contributed by atoms with Gasteiger partial charge in [0, 0.05) is 42.5 Å². The van der Waals surface area contributed by atoms with Crippen molar-refractivity contribution >= 4 is 27.6 Å². The van der Waals surface area contributed by atoms with Crippen LogP contribution in [0.1, 0.15) is 27.9 Å². The summed E-state index contributed by atoms with van der Waals surface area (Å²) in [6, 6.07) is 7.63. The summed E-state index contributed by atoms with van der Waals surface area (Å²) in [4.78, 5) is 15.7. The summed E-state index contributed by atoms with van der Waals surface area (Å²) in [5, 5.41) is 10.6. The predicted molar refractivity (Wildman–Crippen MR) is 144 cm³/mol. The van der Waals surface area contributed by atoms with Crippen molar-refractivity contribution in [2.24, 2.45) is 11.8 Å². The number of aromatic hydroxyl groups is 1. The zero-order valence-electron chi connectivity index (χ0n) is 21.3. The smallest absolute Gasteiger partial charge is 0.310 e. The van der Waals surface area contributed by atoms with Crippen LogP contribution >= 0.6 is 21.6 Å². The first-order valence-electron chi connectivity index (χ1n) is 12.7.